The Hall–Kier alpha value is -6.71. The van der Waals surface area contributed by atoms with E-state index in [-0.39, 0.29) is 0 Å². The summed E-state index contributed by atoms with van der Waals surface area (Å²) < 4.78 is 0. The van der Waals surface area contributed by atoms with Crippen molar-refractivity contribution in [2.75, 3.05) is 0 Å². The zero-order chi connectivity index (χ0) is 35.0. The Labute approximate surface area is 304 Å². The molecule has 0 atom stereocenters. The highest BCUT2D eigenvalue weighted by molar-refractivity contribution is 6.14. The molecule has 0 unspecified atom stereocenters. The number of hydrogen-bond acceptors (Lipinski definition) is 3. The van der Waals surface area contributed by atoms with Crippen LogP contribution >= 0.6 is 0 Å². The quantitative estimate of drug-likeness (QED) is 0.166. The first-order valence-electron chi connectivity index (χ1n) is 17.7. The van der Waals surface area contributed by atoms with Crippen molar-refractivity contribution in [3.63, 3.8) is 0 Å². The van der Waals surface area contributed by atoms with E-state index in [1.165, 1.54) is 32.7 Å². The van der Waals surface area contributed by atoms with E-state index in [1.807, 2.05) is 19.1 Å². The molecule has 0 fully saturated rings. The molecule has 52 heavy (non-hydrogen) atoms. The molecule has 0 saturated heterocycles. The molecule has 0 saturated carbocycles. The van der Waals surface area contributed by atoms with Gasteiger partial charge in [-0.05, 0) is 106 Å². The molecule has 0 N–H and O–H groups in total. The van der Waals surface area contributed by atoms with Crippen LogP contribution in [0.3, 0.4) is 0 Å². The Morgan fingerprint density at radius 2 is 0.885 bits per heavy atom. The molecule has 9 rings (SSSR count). The molecule has 2 heterocycles. The first-order valence-corrected chi connectivity index (χ1v) is 17.7. The fourth-order valence-corrected chi connectivity index (χ4v) is 7.32. The lowest BCUT2D eigenvalue weighted by molar-refractivity contribution is 1.12. The van der Waals surface area contributed by atoms with Gasteiger partial charge in [-0.2, -0.15) is 0 Å². The van der Waals surface area contributed by atoms with E-state index < -0.39 is 0 Å². The standard InChI is InChI=1S/C49H35N3/c1-32-24-25-42(33(2)50-32)39-27-40(46-30-37-18-9-10-21-43(37)44-22-11-12-23-45(44)46)29-41(28-39)49-51-47(35-16-7-4-8-17-35)31-48(52-49)38-20-13-19-36(26-38)34-14-5-3-6-15-34/h3-31H,1-2H3. The molecule has 7 aromatic carbocycles. The zero-order valence-electron chi connectivity index (χ0n) is 29.1. The molecule has 0 bridgehead atoms. The highest BCUT2D eigenvalue weighted by Gasteiger charge is 2.17. The SMILES string of the molecule is Cc1ccc(-c2cc(-c3nc(-c4ccccc4)cc(-c4cccc(-c5ccccc5)c4)n3)cc(-c3cc4ccccc4c4ccccc34)c2)c(C)n1. The summed E-state index contributed by atoms with van der Waals surface area (Å²) in [4.78, 5) is 15.5. The van der Waals surface area contributed by atoms with E-state index in [0.717, 1.165) is 61.7 Å². The lowest BCUT2D eigenvalue weighted by Crippen LogP contribution is -1.98. The molecule has 2 aromatic heterocycles. The van der Waals surface area contributed by atoms with Gasteiger partial charge in [0.15, 0.2) is 5.82 Å². The Balaban J connectivity index is 1.30. The Morgan fingerprint density at radius 1 is 0.327 bits per heavy atom. The van der Waals surface area contributed by atoms with Crippen molar-refractivity contribution < 1.29 is 0 Å². The molecule has 3 heteroatoms. The summed E-state index contributed by atoms with van der Waals surface area (Å²) in [5.74, 6) is 0.674. The van der Waals surface area contributed by atoms with Crippen molar-refractivity contribution in [1.82, 2.24) is 15.0 Å². The second-order valence-electron chi connectivity index (χ2n) is 13.4. The van der Waals surface area contributed by atoms with Gasteiger partial charge in [-0.25, -0.2) is 9.97 Å². The van der Waals surface area contributed by atoms with Crippen LogP contribution in [0.25, 0.3) is 88.8 Å². The highest BCUT2D eigenvalue weighted by Crippen LogP contribution is 2.40. The van der Waals surface area contributed by atoms with Crippen LogP contribution in [0, 0.1) is 13.8 Å². The van der Waals surface area contributed by atoms with Crippen molar-refractivity contribution in [3.05, 3.63) is 187 Å². The van der Waals surface area contributed by atoms with Gasteiger partial charge in [-0.3, -0.25) is 4.98 Å². The molecule has 0 amide bonds. The Morgan fingerprint density at radius 3 is 1.63 bits per heavy atom. The number of rotatable bonds is 6. The van der Waals surface area contributed by atoms with Crippen LogP contribution in [0.15, 0.2) is 176 Å². The van der Waals surface area contributed by atoms with E-state index in [0.29, 0.717) is 5.82 Å². The molecular weight excluding hydrogens is 631 g/mol. The molecule has 9 aromatic rings. The number of aryl methyl sites for hydroxylation is 2. The molecule has 3 nitrogen and oxygen atoms in total. The Kier molecular flexibility index (Phi) is 7.94. The summed E-state index contributed by atoms with van der Waals surface area (Å²) in [5, 5.41) is 4.90. The van der Waals surface area contributed by atoms with Gasteiger partial charge in [0.2, 0.25) is 0 Å². The largest absolute Gasteiger partial charge is 0.258 e. The summed E-state index contributed by atoms with van der Waals surface area (Å²) in [5.41, 5.74) is 13.5. The maximum Gasteiger partial charge on any atom is 0.160 e. The minimum Gasteiger partial charge on any atom is -0.258 e. The van der Waals surface area contributed by atoms with Gasteiger partial charge in [0, 0.05) is 33.6 Å². The fourth-order valence-electron chi connectivity index (χ4n) is 7.32. The fraction of sp³-hybridized carbons (Fsp3) is 0.0408. The van der Waals surface area contributed by atoms with Crippen LogP contribution < -0.4 is 0 Å². The minimum absolute atomic E-state index is 0.674. The van der Waals surface area contributed by atoms with Crippen LogP contribution in [0.5, 0.6) is 0 Å². The average molecular weight is 666 g/mol. The number of pyridine rings is 1. The van der Waals surface area contributed by atoms with Gasteiger partial charge >= 0.3 is 0 Å². The van der Waals surface area contributed by atoms with Crippen molar-refractivity contribution in [3.8, 4) is 67.3 Å². The molecule has 0 radical (unpaired) electrons. The molecule has 0 aliphatic carbocycles. The number of aromatic nitrogens is 3. The minimum atomic E-state index is 0.674. The van der Waals surface area contributed by atoms with Gasteiger partial charge in [0.25, 0.3) is 0 Å². The molecule has 0 aliphatic rings. The maximum atomic E-state index is 5.33. The van der Waals surface area contributed by atoms with Crippen LogP contribution in [-0.4, -0.2) is 15.0 Å². The molecule has 246 valence electrons. The lowest BCUT2D eigenvalue weighted by Gasteiger charge is -2.16. The molecule has 0 spiro atoms. The van der Waals surface area contributed by atoms with Crippen LogP contribution in [0.2, 0.25) is 0 Å². The number of fused-ring (bicyclic) bond motifs is 3. The smallest absolute Gasteiger partial charge is 0.160 e. The van der Waals surface area contributed by atoms with Crippen LogP contribution in [-0.2, 0) is 0 Å². The predicted molar refractivity (Wildman–Crippen MR) is 217 cm³/mol. The molecule has 0 aliphatic heterocycles. The topological polar surface area (TPSA) is 38.7 Å². The van der Waals surface area contributed by atoms with E-state index >= 15 is 0 Å². The maximum absolute atomic E-state index is 5.33. The number of nitrogens with zero attached hydrogens (tertiary/aromatic N) is 3. The zero-order valence-corrected chi connectivity index (χ0v) is 29.1. The summed E-state index contributed by atoms with van der Waals surface area (Å²) in [6.45, 7) is 4.13. The van der Waals surface area contributed by atoms with E-state index in [4.69, 9.17) is 15.0 Å². The third-order valence-electron chi connectivity index (χ3n) is 9.87. The predicted octanol–water partition coefficient (Wildman–Crippen LogP) is 12.8. The monoisotopic (exact) mass is 665 g/mol. The van der Waals surface area contributed by atoms with Gasteiger partial charge < -0.3 is 0 Å². The van der Waals surface area contributed by atoms with Crippen molar-refractivity contribution in [2.45, 2.75) is 13.8 Å². The summed E-state index contributed by atoms with van der Waals surface area (Å²) in [6, 6.07) is 62.3. The first kappa shape index (κ1) is 31.3. The van der Waals surface area contributed by atoms with Gasteiger partial charge in [-0.15, -0.1) is 0 Å². The number of hydrogen-bond donors (Lipinski definition) is 0. The van der Waals surface area contributed by atoms with Gasteiger partial charge in [-0.1, -0.05) is 133 Å². The number of benzene rings is 7. The third kappa shape index (κ3) is 5.93. The molecular formula is C49H35N3. The van der Waals surface area contributed by atoms with Gasteiger partial charge in [0.05, 0.1) is 11.4 Å². The van der Waals surface area contributed by atoms with E-state index in [9.17, 15) is 0 Å². The summed E-state index contributed by atoms with van der Waals surface area (Å²) >= 11 is 0. The lowest BCUT2D eigenvalue weighted by atomic mass is 9.90. The first-order chi connectivity index (χ1) is 25.6. The summed E-state index contributed by atoms with van der Waals surface area (Å²) in [7, 11) is 0. The van der Waals surface area contributed by atoms with E-state index in [2.05, 4.69) is 171 Å². The van der Waals surface area contributed by atoms with E-state index in [1.54, 1.807) is 0 Å². The third-order valence-corrected chi connectivity index (χ3v) is 9.87. The van der Waals surface area contributed by atoms with Crippen molar-refractivity contribution in [1.29, 1.82) is 0 Å². The van der Waals surface area contributed by atoms with Gasteiger partial charge in [0.1, 0.15) is 0 Å². The second-order valence-corrected chi connectivity index (χ2v) is 13.4. The normalized spacial score (nSPS) is 11.3. The van der Waals surface area contributed by atoms with Crippen LogP contribution in [0.1, 0.15) is 11.4 Å². The second kappa shape index (κ2) is 13.2. The average Bonchev–Trinajstić information content (AvgIpc) is 3.21. The summed E-state index contributed by atoms with van der Waals surface area (Å²) in [6.07, 6.45) is 0. The van der Waals surface area contributed by atoms with Crippen LogP contribution in [0.4, 0.5) is 0 Å². The van der Waals surface area contributed by atoms with Crippen molar-refractivity contribution in [2.24, 2.45) is 0 Å². The highest BCUT2D eigenvalue weighted by atomic mass is 14.9. The van der Waals surface area contributed by atoms with Crippen molar-refractivity contribution >= 4 is 21.5 Å². The Bertz CT molecular complexity index is 2750.